The summed E-state index contributed by atoms with van der Waals surface area (Å²) in [5.74, 6) is -2.44. The zero-order chi connectivity index (χ0) is 15.8. The van der Waals surface area contributed by atoms with Crippen molar-refractivity contribution in [3.8, 4) is 11.5 Å². The summed E-state index contributed by atoms with van der Waals surface area (Å²) in [4.78, 5) is 32.8. The van der Waals surface area contributed by atoms with E-state index in [1.54, 1.807) is 24.3 Å². The molecule has 8 nitrogen and oxygen atoms in total. The van der Waals surface area contributed by atoms with E-state index in [9.17, 15) is 14.4 Å². The molecule has 21 heavy (non-hydrogen) atoms. The molecule has 8 heteroatoms. The number of amides is 1. The summed E-state index contributed by atoms with van der Waals surface area (Å²) in [6.45, 7) is -0.421. The summed E-state index contributed by atoms with van der Waals surface area (Å²) in [5, 5.41) is 19.4. The van der Waals surface area contributed by atoms with Gasteiger partial charge in [-0.3, -0.25) is 9.59 Å². The first kappa shape index (κ1) is 16.3. The molecule has 0 aliphatic carbocycles. The highest BCUT2D eigenvalue weighted by molar-refractivity contribution is 5.87. The SMILES string of the molecule is COc1ccc(OCC(=O)NC(CC(=O)O)C(=O)O)cc1. The second-order valence-electron chi connectivity index (χ2n) is 4.02. The summed E-state index contributed by atoms with van der Waals surface area (Å²) in [6, 6.07) is 4.94. The Morgan fingerprint density at radius 1 is 1.14 bits per heavy atom. The zero-order valence-electron chi connectivity index (χ0n) is 11.2. The third-order valence-corrected chi connectivity index (χ3v) is 2.44. The lowest BCUT2D eigenvalue weighted by molar-refractivity contribution is -0.147. The number of hydrogen-bond acceptors (Lipinski definition) is 5. The third-order valence-electron chi connectivity index (χ3n) is 2.44. The van der Waals surface area contributed by atoms with Gasteiger partial charge in [-0.1, -0.05) is 0 Å². The summed E-state index contributed by atoms with van der Waals surface area (Å²) < 4.78 is 10.1. The Kier molecular flexibility index (Phi) is 5.99. The second kappa shape index (κ2) is 7.73. The van der Waals surface area contributed by atoms with Crippen molar-refractivity contribution in [1.29, 1.82) is 0 Å². The van der Waals surface area contributed by atoms with Crippen LogP contribution in [0.15, 0.2) is 24.3 Å². The zero-order valence-corrected chi connectivity index (χ0v) is 11.2. The largest absolute Gasteiger partial charge is 0.497 e. The molecule has 1 aromatic rings. The van der Waals surface area contributed by atoms with Crippen molar-refractivity contribution in [2.24, 2.45) is 0 Å². The van der Waals surface area contributed by atoms with Crippen LogP contribution in [0.5, 0.6) is 11.5 Å². The molecule has 0 spiro atoms. The lowest BCUT2D eigenvalue weighted by Crippen LogP contribution is -2.44. The van der Waals surface area contributed by atoms with Gasteiger partial charge in [0.2, 0.25) is 0 Å². The topological polar surface area (TPSA) is 122 Å². The van der Waals surface area contributed by atoms with Gasteiger partial charge in [-0.05, 0) is 24.3 Å². The van der Waals surface area contributed by atoms with Crippen molar-refractivity contribution in [3.63, 3.8) is 0 Å². The normalized spacial score (nSPS) is 11.3. The molecule has 0 aliphatic heterocycles. The van der Waals surface area contributed by atoms with Gasteiger partial charge in [-0.15, -0.1) is 0 Å². The number of ether oxygens (including phenoxy) is 2. The van der Waals surface area contributed by atoms with Gasteiger partial charge in [0.1, 0.15) is 17.5 Å². The molecular weight excluding hydrogens is 282 g/mol. The standard InChI is InChI=1S/C13H15NO7/c1-20-8-2-4-9(5-3-8)21-7-11(15)14-10(13(18)19)6-12(16)17/h2-5,10H,6-7H2,1H3,(H,14,15)(H,16,17)(H,18,19). The molecule has 0 saturated carbocycles. The predicted molar refractivity (Wildman–Crippen MR) is 70.3 cm³/mol. The molecule has 114 valence electrons. The predicted octanol–water partition coefficient (Wildman–Crippen LogP) is 0.118. The first-order chi connectivity index (χ1) is 9.92. The first-order valence-corrected chi connectivity index (χ1v) is 5.93. The van der Waals surface area contributed by atoms with E-state index in [4.69, 9.17) is 19.7 Å². The highest BCUT2D eigenvalue weighted by Gasteiger charge is 2.23. The van der Waals surface area contributed by atoms with Crippen LogP contribution in [-0.4, -0.2) is 47.8 Å². The summed E-state index contributed by atoms with van der Waals surface area (Å²) >= 11 is 0. The number of nitrogens with one attached hydrogen (secondary N) is 1. The van der Waals surface area contributed by atoms with Crippen molar-refractivity contribution in [1.82, 2.24) is 5.32 Å². The van der Waals surface area contributed by atoms with E-state index in [1.807, 2.05) is 0 Å². The van der Waals surface area contributed by atoms with E-state index in [2.05, 4.69) is 5.32 Å². The summed E-state index contributed by atoms with van der Waals surface area (Å²) in [5.41, 5.74) is 0. The Morgan fingerprint density at radius 2 is 1.71 bits per heavy atom. The maximum Gasteiger partial charge on any atom is 0.326 e. The van der Waals surface area contributed by atoms with Crippen molar-refractivity contribution in [2.45, 2.75) is 12.5 Å². The summed E-state index contributed by atoms with van der Waals surface area (Å²) in [7, 11) is 1.51. The molecule has 1 amide bonds. The number of benzene rings is 1. The monoisotopic (exact) mass is 297 g/mol. The molecule has 0 bridgehead atoms. The number of rotatable bonds is 8. The number of carbonyl (C=O) groups is 3. The van der Waals surface area contributed by atoms with Crippen molar-refractivity contribution in [2.75, 3.05) is 13.7 Å². The fourth-order valence-corrected chi connectivity index (χ4v) is 1.43. The van der Waals surface area contributed by atoms with Crippen LogP contribution in [-0.2, 0) is 14.4 Å². The first-order valence-electron chi connectivity index (χ1n) is 5.93. The number of carboxylic acid groups (broad SMARTS) is 2. The van der Waals surface area contributed by atoms with Crippen molar-refractivity contribution in [3.05, 3.63) is 24.3 Å². The van der Waals surface area contributed by atoms with Crippen LogP contribution in [0.1, 0.15) is 6.42 Å². The highest BCUT2D eigenvalue weighted by atomic mass is 16.5. The molecule has 0 heterocycles. The molecule has 1 aromatic carbocycles. The van der Waals surface area contributed by atoms with Gasteiger partial charge < -0.3 is 25.0 Å². The number of methoxy groups -OCH3 is 1. The van der Waals surface area contributed by atoms with E-state index in [0.29, 0.717) is 11.5 Å². The van der Waals surface area contributed by atoms with Crippen molar-refractivity contribution >= 4 is 17.8 Å². The van der Waals surface area contributed by atoms with Crippen LogP contribution in [0.3, 0.4) is 0 Å². The molecule has 1 atom stereocenters. The van der Waals surface area contributed by atoms with Crippen molar-refractivity contribution < 1.29 is 34.1 Å². The average molecular weight is 297 g/mol. The summed E-state index contributed by atoms with van der Waals surface area (Å²) in [6.07, 6.45) is -0.705. The van der Waals surface area contributed by atoms with Gasteiger partial charge >= 0.3 is 11.9 Å². The Labute approximate surface area is 120 Å². The van der Waals surface area contributed by atoms with Gasteiger partial charge in [0, 0.05) is 0 Å². The molecular formula is C13H15NO7. The Balaban J connectivity index is 2.48. The van der Waals surface area contributed by atoms with Crippen LogP contribution in [0.25, 0.3) is 0 Å². The number of carboxylic acids is 2. The van der Waals surface area contributed by atoms with Crippen LogP contribution in [0.2, 0.25) is 0 Å². The Bertz CT molecular complexity index is 512. The average Bonchev–Trinajstić information content (AvgIpc) is 2.44. The van der Waals surface area contributed by atoms with E-state index in [0.717, 1.165) is 0 Å². The van der Waals surface area contributed by atoms with E-state index >= 15 is 0 Å². The van der Waals surface area contributed by atoms with E-state index in [1.165, 1.54) is 7.11 Å². The molecule has 1 rings (SSSR count). The molecule has 3 N–H and O–H groups in total. The molecule has 0 fully saturated rings. The maximum absolute atomic E-state index is 11.5. The maximum atomic E-state index is 11.5. The minimum absolute atomic E-state index is 0.399. The minimum Gasteiger partial charge on any atom is -0.497 e. The fraction of sp³-hybridized carbons (Fsp3) is 0.308. The number of hydrogen-bond donors (Lipinski definition) is 3. The van der Waals surface area contributed by atoms with Gasteiger partial charge in [0.05, 0.1) is 13.5 Å². The quantitative estimate of drug-likeness (QED) is 0.622. The molecule has 0 saturated heterocycles. The van der Waals surface area contributed by atoms with Gasteiger partial charge in [0.15, 0.2) is 6.61 Å². The molecule has 0 aromatic heterocycles. The minimum atomic E-state index is -1.49. The highest BCUT2D eigenvalue weighted by Crippen LogP contribution is 2.16. The lowest BCUT2D eigenvalue weighted by Gasteiger charge is -2.13. The lowest BCUT2D eigenvalue weighted by atomic mass is 10.2. The fourth-order valence-electron chi connectivity index (χ4n) is 1.43. The molecule has 1 unspecified atom stereocenters. The van der Waals surface area contributed by atoms with Gasteiger partial charge in [-0.2, -0.15) is 0 Å². The number of aliphatic carboxylic acids is 2. The Hall–Kier alpha value is -2.77. The molecule has 0 aliphatic rings. The van der Waals surface area contributed by atoms with E-state index in [-0.39, 0.29) is 0 Å². The Morgan fingerprint density at radius 3 is 2.19 bits per heavy atom. The van der Waals surface area contributed by atoms with Crippen LogP contribution in [0, 0.1) is 0 Å². The third kappa shape index (κ3) is 5.81. The van der Waals surface area contributed by atoms with Crippen LogP contribution < -0.4 is 14.8 Å². The van der Waals surface area contributed by atoms with Gasteiger partial charge in [0.25, 0.3) is 5.91 Å². The number of carbonyl (C=O) groups excluding carboxylic acids is 1. The van der Waals surface area contributed by atoms with Crippen LogP contribution >= 0.6 is 0 Å². The van der Waals surface area contributed by atoms with E-state index < -0.39 is 36.9 Å². The second-order valence-corrected chi connectivity index (χ2v) is 4.02. The van der Waals surface area contributed by atoms with Crippen LogP contribution in [0.4, 0.5) is 0 Å². The molecule has 0 radical (unpaired) electrons. The van der Waals surface area contributed by atoms with Gasteiger partial charge in [-0.25, -0.2) is 4.79 Å². The smallest absolute Gasteiger partial charge is 0.326 e.